The van der Waals surface area contributed by atoms with Gasteiger partial charge in [0.1, 0.15) is 5.82 Å². The molecule has 31 heavy (non-hydrogen) atoms. The van der Waals surface area contributed by atoms with Crippen molar-refractivity contribution in [3.05, 3.63) is 48.5 Å². The van der Waals surface area contributed by atoms with Crippen LogP contribution in [-0.4, -0.2) is 44.6 Å². The Kier molecular flexibility index (Phi) is 4.73. The van der Waals surface area contributed by atoms with Crippen LogP contribution in [0.2, 0.25) is 0 Å². The molecule has 2 N–H and O–H groups in total. The molecular formula is C21H22N6O3S. The second-order valence-electron chi connectivity index (χ2n) is 8.08. The number of nitrogens with one attached hydrogen (secondary N) is 2. The number of hydrogen-bond acceptors (Lipinski definition) is 6. The first-order valence-electron chi connectivity index (χ1n) is 10.2. The van der Waals surface area contributed by atoms with Gasteiger partial charge in [-0.3, -0.25) is 9.20 Å². The van der Waals surface area contributed by atoms with Crippen LogP contribution in [0.25, 0.3) is 16.8 Å². The SMILES string of the molecule is CC(=O)Nc1ccc(S(=O)(=O)C[C@H]2CC[C@@H](c3nnc4cnc5[nH]ccc5n34)C2)cc1. The minimum Gasteiger partial charge on any atom is -0.345 e. The van der Waals surface area contributed by atoms with Crippen molar-refractivity contribution in [2.75, 3.05) is 11.1 Å². The molecule has 1 saturated carbocycles. The van der Waals surface area contributed by atoms with Crippen molar-refractivity contribution in [1.82, 2.24) is 24.6 Å². The molecule has 0 saturated heterocycles. The minimum absolute atomic E-state index is 0.0564. The molecular weight excluding hydrogens is 416 g/mol. The summed E-state index contributed by atoms with van der Waals surface area (Å²) in [5, 5.41) is 11.3. The van der Waals surface area contributed by atoms with E-state index in [0.717, 1.165) is 36.3 Å². The maximum absolute atomic E-state index is 12.9. The Morgan fingerprint density at radius 3 is 2.77 bits per heavy atom. The summed E-state index contributed by atoms with van der Waals surface area (Å²) in [4.78, 5) is 18.9. The molecule has 3 aromatic heterocycles. The Bertz CT molecular complexity index is 1370. The van der Waals surface area contributed by atoms with Crippen molar-refractivity contribution in [1.29, 1.82) is 0 Å². The fraction of sp³-hybridized carbons (Fsp3) is 0.333. The van der Waals surface area contributed by atoms with Crippen molar-refractivity contribution < 1.29 is 13.2 Å². The predicted molar refractivity (Wildman–Crippen MR) is 116 cm³/mol. The van der Waals surface area contributed by atoms with E-state index in [4.69, 9.17) is 0 Å². The number of carbonyl (C=O) groups excluding carboxylic acids is 1. The van der Waals surface area contributed by atoms with Gasteiger partial charge in [0.15, 0.2) is 21.1 Å². The number of hydrogen-bond donors (Lipinski definition) is 2. The van der Waals surface area contributed by atoms with Gasteiger partial charge in [0.2, 0.25) is 5.91 Å². The van der Waals surface area contributed by atoms with Crippen LogP contribution in [0, 0.1) is 5.92 Å². The summed E-state index contributed by atoms with van der Waals surface area (Å²) in [6.45, 7) is 1.41. The number of rotatable bonds is 5. The number of nitrogens with zero attached hydrogens (tertiary/aromatic N) is 4. The van der Waals surface area contributed by atoms with Gasteiger partial charge in [-0.15, -0.1) is 10.2 Å². The first-order chi connectivity index (χ1) is 14.9. The van der Waals surface area contributed by atoms with Gasteiger partial charge in [-0.2, -0.15) is 0 Å². The fourth-order valence-corrected chi connectivity index (χ4v) is 6.15. The van der Waals surface area contributed by atoms with E-state index in [0.29, 0.717) is 11.3 Å². The van der Waals surface area contributed by atoms with Crippen molar-refractivity contribution in [2.45, 2.75) is 37.0 Å². The lowest BCUT2D eigenvalue weighted by Crippen LogP contribution is -2.15. The van der Waals surface area contributed by atoms with Crippen LogP contribution in [-0.2, 0) is 14.6 Å². The highest BCUT2D eigenvalue weighted by Crippen LogP contribution is 2.39. The molecule has 10 heteroatoms. The maximum atomic E-state index is 12.9. The van der Waals surface area contributed by atoms with E-state index < -0.39 is 9.84 Å². The lowest BCUT2D eigenvalue weighted by Gasteiger charge is -2.12. The number of benzene rings is 1. The van der Waals surface area contributed by atoms with Crippen LogP contribution in [0.15, 0.2) is 47.6 Å². The second kappa shape index (κ2) is 7.45. The van der Waals surface area contributed by atoms with Crippen LogP contribution >= 0.6 is 0 Å². The van der Waals surface area contributed by atoms with Gasteiger partial charge in [-0.25, -0.2) is 13.4 Å². The van der Waals surface area contributed by atoms with Crippen molar-refractivity contribution in [3.8, 4) is 0 Å². The van der Waals surface area contributed by atoms with Crippen LogP contribution in [0.5, 0.6) is 0 Å². The highest BCUT2D eigenvalue weighted by Gasteiger charge is 2.33. The molecule has 1 aliphatic carbocycles. The van der Waals surface area contributed by atoms with E-state index in [1.807, 2.05) is 16.7 Å². The van der Waals surface area contributed by atoms with Crippen molar-refractivity contribution in [2.24, 2.45) is 5.92 Å². The standard InChI is InChI=1S/C21H22N6O3S/c1-13(28)24-16-4-6-17(7-5-16)31(29,30)12-14-2-3-15(10-14)21-26-25-19-11-23-20-18(27(19)21)8-9-22-20/h4-9,11,14-15,22H,2-3,10,12H2,1H3,(H,24,28)/t14-,15+/m0/s1. The minimum atomic E-state index is -3.42. The second-order valence-corrected chi connectivity index (χ2v) is 10.1. The molecule has 4 aromatic rings. The molecule has 0 aliphatic heterocycles. The third kappa shape index (κ3) is 3.67. The monoisotopic (exact) mass is 438 g/mol. The van der Waals surface area contributed by atoms with Crippen molar-refractivity contribution in [3.63, 3.8) is 0 Å². The predicted octanol–water partition coefficient (Wildman–Crippen LogP) is 2.92. The quantitative estimate of drug-likeness (QED) is 0.494. The van der Waals surface area contributed by atoms with Crippen LogP contribution < -0.4 is 5.32 Å². The summed E-state index contributed by atoms with van der Waals surface area (Å²) in [7, 11) is -3.42. The number of H-pyrrole nitrogens is 1. The molecule has 1 amide bonds. The van der Waals surface area contributed by atoms with Gasteiger partial charge >= 0.3 is 0 Å². The molecule has 1 fully saturated rings. The van der Waals surface area contributed by atoms with E-state index in [1.165, 1.54) is 6.92 Å². The highest BCUT2D eigenvalue weighted by atomic mass is 32.2. The van der Waals surface area contributed by atoms with E-state index in [9.17, 15) is 13.2 Å². The average molecular weight is 439 g/mol. The molecule has 9 nitrogen and oxygen atoms in total. The summed E-state index contributed by atoms with van der Waals surface area (Å²) in [5.41, 5.74) is 2.97. The maximum Gasteiger partial charge on any atom is 0.221 e. The molecule has 1 aliphatic rings. The number of anilines is 1. The number of amides is 1. The number of aromatic nitrogens is 5. The summed E-state index contributed by atoms with van der Waals surface area (Å²) >= 11 is 0. The van der Waals surface area contributed by atoms with Crippen LogP contribution in [0.1, 0.15) is 37.9 Å². The summed E-state index contributed by atoms with van der Waals surface area (Å²) < 4.78 is 27.9. The van der Waals surface area contributed by atoms with Gasteiger partial charge in [0, 0.05) is 24.7 Å². The normalized spacial score (nSPS) is 19.3. The lowest BCUT2D eigenvalue weighted by molar-refractivity contribution is -0.114. The third-order valence-electron chi connectivity index (χ3n) is 5.86. The van der Waals surface area contributed by atoms with Gasteiger partial charge in [-0.05, 0) is 55.5 Å². The molecule has 0 spiro atoms. The zero-order chi connectivity index (χ0) is 21.6. The Morgan fingerprint density at radius 2 is 2.00 bits per heavy atom. The molecule has 0 bridgehead atoms. The fourth-order valence-electron chi connectivity index (χ4n) is 4.48. The van der Waals surface area contributed by atoms with E-state index >= 15 is 0 Å². The smallest absolute Gasteiger partial charge is 0.221 e. The lowest BCUT2D eigenvalue weighted by atomic mass is 10.1. The number of fused-ring (bicyclic) bond motifs is 3. The molecule has 160 valence electrons. The van der Waals surface area contributed by atoms with Gasteiger partial charge in [0.25, 0.3) is 0 Å². The zero-order valence-corrected chi connectivity index (χ0v) is 17.8. The van der Waals surface area contributed by atoms with Gasteiger partial charge in [-0.1, -0.05) is 0 Å². The first-order valence-corrected chi connectivity index (χ1v) is 11.8. The number of sulfone groups is 1. The summed E-state index contributed by atoms with van der Waals surface area (Å²) in [6, 6.07) is 8.28. The Balaban J connectivity index is 1.33. The zero-order valence-electron chi connectivity index (χ0n) is 16.9. The number of carbonyl (C=O) groups is 1. The first kappa shape index (κ1) is 19.7. The highest BCUT2D eigenvalue weighted by molar-refractivity contribution is 7.91. The van der Waals surface area contributed by atoms with E-state index in [1.54, 1.807) is 30.5 Å². The number of aromatic amines is 1. The van der Waals surface area contributed by atoms with Crippen LogP contribution in [0.3, 0.4) is 0 Å². The molecule has 5 rings (SSSR count). The largest absolute Gasteiger partial charge is 0.345 e. The van der Waals surface area contributed by atoms with Gasteiger partial charge < -0.3 is 10.3 Å². The van der Waals surface area contributed by atoms with Crippen molar-refractivity contribution >= 4 is 38.2 Å². The van der Waals surface area contributed by atoms with E-state index in [-0.39, 0.29) is 28.4 Å². The molecule has 0 unspecified atom stereocenters. The molecule has 3 heterocycles. The van der Waals surface area contributed by atoms with Crippen LogP contribution in [0.4, 0.5) is 5.69 Å². The average Bonchev–Trinajstić information content (AvgIpc) is 3.45. The summed E-state index contributed by atoms with van der Waals surface area (Å²) in [6.07, 6.45) is 5.97. The topological polar surface area (TPSA) is 122 Å². The molecule has 2 atom stereocenters. The Labute approximate surface area is 178 Å². The Morgan fingerprint density at radius 1 is 1.19 bits per heavy atom. The molecule has 0 radical (unpaired) electrons. The third-order valence-corrected chi connectivity index (χ3v) is 7.76. The van der Waals surface area contributed by atoms with E-state index in [2.05, 4.69) is 25.5 Å². The van der Waals surface area contributed by atoms with Gasteiger partial charge in [0.05, 0.1) is 22.4 Å². The summed E-state index contributed by atoms with van der Waals surface area (Å²) in [5.74, 6) is 0.975. The molecule has 1 aromatic carbocycles. The Hall–Kier alpha value is -3.27.